The van der Waals surface area contributed by atoms with Crippen molar-refractivity contribution in [2.75, 3.05) is 13.8 Å². The van der Waals surface area contributed by atoms with Crippen molar-refractivity contribution < 1.29 is 9.13 Å². The maximum absolute atomic E-state index is 11.8. The van der Waals surface area contributed by atoms with Crippen molar-refractivity contribution in [2.24, 2.45) is 0 Å². The number of hydrogen-bond acceptors (Lipinski definition) is 1. The van der Waals surface area contributed by atoms with E-state index in [-0.39, 0.29) is 6.67 Å². The van der Waals surface area contributed by atoms with Gasteiger partial charge in [-0.1, -0.05) is 24.0 Å². The minimum atomic E-state index is -0.254. The summed E-state index contributed by atoms with van der Waals surface area (Å²) in [7, 11) is 1.63. The van der Waals surface area contributed by atoms with Crippen LogP contribution in [0.25, 0.3) is 0 Å². The molecule has 0 unspecified atom stereocenters. The molecule has 15 heavy (non-hydrogen) atoms. The number of benzene rings is 1. The van der Waals surface area contributed by atoms with E-state index in [1.807, 2.05) is 24.3 Å². The van der Waals surface area contributed by atoms with Crippen molar-refractivity contribution >= 4 is 0 Å². The van der Waals surface area contributed by atoms with E-state index < -0.39 is 0 Å². The van der Waals surface area contributed by atoms with Crippen LogP contribution in [0.15, 0.2) is 24.3 Å². The average Bonchev–Trinajstić information content (AvgIpc) is 2.29. The van der Waals surface area contributed by atoms with Gasteiger partial charge in [-0.25, -0.2) is 0 Å². The molecule has 0 aromatic heterocycles. The highest BCUT2D eigenvalue weighted by Gasteiger charge is 1.95. The zero-order valence-corrected chi connectivity index (χ0v) is 8.92. The molecule has 0 atom stereocenters. The Kier molecular flexibility index (Phi) is 5.32. The fraction of sp³-hybridized carbons (Fsp3) is 0.385. The summed E-state index contributed by atoms with van der Waals surface area (Å²) in [4.78, 5) is 0. The molecule has 80 valence electrons. The molecule has 1 aromatic carbocycles. The van der Waals surface area contributed by atoms with E-state index in [0.29, 0.717) is 6.42 Å². The first-order chi connectivity index (χ1) is 7.38. The van der Waals surface area contributed by atoms with Crippen molar-refractivity contribution in [3.63, 3.8) is 0 Å². The number of rotatable bonds is 4. The summed E-state index contributed by atoms with van der Waals surface area (Å²) in [5, 5.41) is 0. The van der Waals surface area contributed by atoms with Crippen LogP contribution in [-0.4, -0.2) is 13.8 Å². The highest BCUT2D eigenvalue weighted by atomic mass is 19.1. The van der Waals surface area contributed by atoms with E-state index in [0.717, 1.165) is 24.2 Å². The second-order valence-corrected chi connectivity index (χ2v) is 3.15. The zero-order valence-electron chi connectivity index (χ0n) is 8.92. The predicted octanol–water partition coefficient (Wildman–Crippen LogP) is 3.19. The molecular weight excluding hydrogens is 191 g/mol. The first kappa shape index (κ1) is 11.6. The maximum atomic E-state index is 11.8. The maximum Gasteiger partial charge on any atom is 0.134 e. The summed E-state index contributed by atoms with van der Waals surface area (Å²) in [5.41, 5.74) is 0.889. The van der Waals surface area contributed by atoms with E-state index in [9.17, 15) is 4.39 Å². The lowest BCUT2D eigenvalue weighted by atomic mass is 10.2. The van der Waals surface area contributed by atoms with E-state index >= 15 is 0 Å². The van der Waals surface area contributed by atoms with Gasteiger partial charge in [0.1, 0.15) is 5.75 Å². The van der Waals surface area contributed by atoms with Gasteiger partial charge in [0.05, 0.1) is 19.3 Å². The lowest BCUT2D eigenvalue weighted by Crippen LogP contribution is -1.86. The molecule has 0 aliphatic carbocycles. The van der Waals surface area contributed by atoms with E-state index in [4.69, 9.17) is 4.74 Å². The van der Waals surface area contributed by atoms with Crippen LogP contribution < -0.4 is 4.74 Å². The van der Waals surface area contributed by atoms with Gasteiger partial charge in [0, 0.05) is 6.42 Å². The van der Waals surface area contributed by atoms with Gasteiger partial charge in [-0.2, -0.15) is 0 Å². The molecule has 0 aliphatic rings. The Hall–Kier alpha value is -1.49. The smallest absolute Gasteiger partial charge is 0.134 e. The molecule has 0 radical (unpaired) electrons. The zero-order chi connectivity index (χ0) is 10.9. The van der Waals surface area contributed by atoms with Gasteiger partial charge in [-0.15, -0.1) is 0 Å². The Morgan fingerprint density at radius 1 is 1.27 bits per heavy atom. The largest absolute Gasteiger partial charge is 0.495 e. The molecular formula is C13H15FO. The van der Waals surface area contributed by atoms with Crippen LogP contribution in [0.3, 0.4) is 0 Å². The standard InChI is InChI=1S/C13H15FO/c1-15-13-10-6-5-9-12(13)8-4-2-3-7-11-14/h5-6,9-10H,2-3,7,11H2,1H3. The molecule has 0 saturated carbocycles. The van der Waals surface area contributed by atoms with Crippen molar-refractivity contribution in [2.45, 2.75) is 19.3 Å². The minimum Gasteiger partial charge on any atom is -0.495 e. The number of unbranched alkanes of at least 4 members (excludes halogenated alkanes) is 2. The van der Waals surface area contributed by atoms with Crippen molar-refractivity contribution in [3.8, 4) is 17.6 Å². The Morgan fingerprint density at radius 3 is 2.80 bits per heavy atom. The van der Waals surface area contributed by atoms with Gasteiger partial charge in [-0.3, -0.25) is 4.39 Å². The fourth-order valence-corrected chi connectivity index (χ4v) is 1.21. The van der Waals surface area contributed by atoms with Crippen LogP contribution >= 0.6 is 0 Å². The van der Waals surface area contributed by atoms with Crippen molar-refractivity contribution in [1.82, 2.24) is 0 Å². The Balaban J connectivity index is 2.55. The molecule has 1 aromatic rings. The number of alkyl halides is 1. The first-order valence-corrected chi connectivity index (χ1v) is 5.06. The molecule has 0 spiro atoms. The van der Waals surface area contributed by atoms with E-state index in [2.05, 4.69) is 11.8 Å². The summed E-state index contributed by atoms with van der Waals surface area (Å²) in [6.45, 7) is -0.254. The molecule has 1 nitrogen and oxygen atoms in total. The predicted molar refractivity (Wildman–Crippen MR) is 59.7 cm³/mol. The number of methoxy groups -OCH3 is 1. The average molecular weight is 206 g/mol. The van der Waals surface area contributed by atoms with Gasteiger partial charge in [0.25, 0.3) is 0 Å². The third-order valence-corrected chi connectivity index (χ3v) is 2.02. The summed E-state index contributed by atoms with van der Waals surface area (Å²) >= 11 is 0. The van der Waals surface area contributed by atoms with E-state index in [1.165, 1.54) is 0 Å². The van der Waals surface area contributed by atoms with Gasteiger partial charge < -0.3 is 4.74 Å². The normalized spacial score (nSPS) is 9.20. The molecule has 0 amide bonds. The van der Waals surface area contributed by atoms with Gasteiger partial charge in [-0.05, 0) is 25.0 Å². The number of halogens is 1. The second-order valence-electron chi connectivity index (χ2n) is 3.15. The molecule has 1 rings (SSSR count). The fourth-order valence-electron chi connectivity index (χ4n) is 1.21. The third kappa shape index (κ3) is 4.03. The Bertz CT molecular complexity index is 349. The van der Waals surface area contributed by atoms with Gasteiger partial charge in [0.15, 0.2) is 0 Å². The summed E-state index contributed by atoms with van der Waals surface area (Å²) in [6, 6.07) is 7.63. The molecule has 2 heteroatoms. The molecule has 0 N–H and O–H groups in total. The monoisotopic (exact) mass is 206 g/mol. The molecule has 0 bridgehead atoms. The summed E-state index contributed by atoms with van der Waals surface area (Å²) in [5.74, 6) is 6.83. The quantitative estimate of drug-likeness (QED) is 0.543. The number of hydrogen-bond donors (Lipinski definition) is 0. The molecule has 0 saturated heterocycles. The van der Waals surface area contributed by atoms with Crippen LogP contribution in [0.2, 0.25) is 0 Å². The Morgan fingerprint density at radius 2 is 2.07 bits per heavy atom. The van der Waals surface area contributed by atoms with E-state index in [1.54, 1.807) is 7.11 Å². The lowest BCUT2D eigenvalue weighted by Gasteiger charge is -2.00. The third-order valence-electron chi connectivity index (χ3n) is 2.02. The second kappa shape index (κ2) is 6.89. The number of ether oxygens (including phenoxy) is 1. The van der Waals surface area contributed by atoms with Crippen LogP contribution in [0, 0.1) is 11.8 Å². The van der Waals surface area contributed by atoms with Crippen molar-refractivity contribution in [3.05, 3.63) is 29.8 Å². The van der Waals surface area contributed by atoms with Gasteiger partial charge in [0.2, 0.25) is 0 Å². The van der Waals surface area contributed by atoms with Crippen LogP contribution in [0.4, 0.5) is 4.39 Å². The van der Waals surface area contributed by atoms with Crippen molar-refractivity contribution in [1.29, 1.82) is 0 Å². The summed E-state index contributed by atoms with van der Waals surface area (Å²) in [6.07, 6.45) is 2.15. The summed E-state index contributed by atoms with van der Waals surface area (Å²) < 4.78 is 17.0. The number of para-hydroxylation sites is 1. The van der Waals surface area contributed by atoms with Crippen LogP contribution in [-0.2, 0) is 0 Å². The SMILES string of the molecule is COc1ccccc1C#CCCCCF. The van der Waals surface area contributed by atoms with Crippen LogP contribution in [0.1, 0.15) is 24.8 Å². The molecule has 0 fully saturated rings. The molecule has 0 heterocycles. The topological polar surface area (TPSA) is 9.23 Å². The minimum absolute atomic E-state index is 0.254. The Labute approximate surface area is 90.3 Å². The lowest BCUT2D eigenvalue weighted by molar-refractivity contribution is 0.413. The van der Waals surface area contributed by atoms with Gasteiger partial charge >= 0.3 is 0 Å². The highest BCUT2D eigenvalue weighted by molar-refractivity contribution is 5.45. The van der Waals surface area contributed by atoms with Crippen LogP contribution in [0.5, 0.6) is 5.75 Å². The first-order valence-electron chi connectivity index (χ1n) is 5.06. The highest BCUT2D eigenvalue weighted by Crippen LogP contribution is 2.15. The molecule has 0 aliphatic heterocycles.